The van der Waals surface area contributed by atoms with Gasteiger partial charge in [0, 0.05) is 20.0 Å². The number of esters is 2. The van der Waals surface area contributed by atoms with Crippen molar-refractivity contribution in [1.29, 1.82) is 0 Å². The molecule has 1 amide bonds. The Bertz CT molecular complexity index is 589. The summed E-state index contributed by atoms with van der Waals surface area (Å²) in [7, 11) is 0. The van der Waals surface area contributed by atoms with E-state index in [1.54, 1.807) is 11.0 Å². The Kier molecular flexibility index (Phi) is 7.55. The van der Waals surface area contributed by atoms with E-state index in [1.807, 2.05) is 6.92 Å². The molecule has 3 atom stereocenters. The average molecular weight is 376 g/mol. The second-order valence-electron chi connectivity index (χ2n) is 6.17. The van der Waals surface area contributed by atoms with Crippen LogP contribution in [0, 0.1) is 5.92 Å². The first-order valence-corrected chi connectivity index (χ1v) is 8.13. The van der Waals surface area contributed by atoms with Gasteiger partial charge in [0.15, 0.2) is 0 Å². The summed E-state index contributed by atoms with van der Waals surface area (Å²) in [5.41, 5.74) is 0.709. The lowest BCUT2D eigenvalue weighted by atomic mass is 10.1. The van der Waals surface area contributed by atoms with Gasteiger partial charge in [0.2, 0.25) is 5.91 Å². The first-order chi connectivity index (χ1) is 12.0. The number of nitrogens with zero attached hydrogens (tertiary/aromatic N) is 1. The summed E-state index contributed by atoms with van der Waals surface area (Å²) in [6, 6.07) is -1.51. The summed E-state index contributed by atoms with van der Waals surface area (Å²) < 4.78 is 41.0. The quantitative estimate of drug-likeness (QED) is 0.418. The lowest BCUT2D eigenvalue weighted by Gasteiger charge is -2.29. The summed E-state index contributed by atoms with van der Waals surface area (Å²) in [5.74, 6) is -4.25. The summed E-state index contributed by atoms with van der Waals surface area (Å²) in [6.07, 6.45) is -2.90. The zero-order chi connectivity index (χ0) is 20.1. The maximum absolute atomic E-state index is 12.3. The number of rotatable bonds is 7. The molecule has 0 aromatic rings. The highest BCUT2D eigenvalue weighted by Crippen LogP contribution is 2.27. The van der Waals surface area contributed by atoms with Crippen LogP contribution >= 0.6 is 0 Å². The van der Waals surface area contributed by atoms with E-state index in [4.69, 9.17) is 0 Å². The third-order valence-electron chi connectivity index (χ3n) is 4.21. The maximum Gasteiger partial charge on any atom is 0.491 e. The van der Waals surface area contributed by atoms with Gasteiger partial charge < -0.3 is 10.1 Å². The highest BCUT2D eigenvalue weighted by molar-refractivity contribution is 5.91. The number of carbonyl (C=O) groups excluding carboxylic acids is 3. The van der Waals surface area contributed by atoms with Crippen molar-refractivity contribution >= 4 is 17.8 Å². The summed E-state index contributed by atoms with van der Waals surface area (Å²) in [5, 5.41) is 2.71. The molecule has 1 saturated heterocycles. The molecular formula is C17H23F3N2O4. The smallest absolute Gasteiger partial charge is 0.385 e. The first kappa shape index (κ1) is 21.9. The van der Waals surface area contributed by atoms with E-state index in [-0.39, 0.29) is 24.8 Å². The Hall–Kier alpha value is -2.16. The Balaban J connectivity index is 2.92. The third-order valence-corrected chi connectivity index (χ3v) is 4.21. The Labute approximate surface area is 150 Å². The molecule has 1 aliphatic heterocycles. The molecule has 0 saturated carbocycles. The zero-order valence-electron chi connectivity index (χ0n) is 14.8. The van der Waals surface area contributed by atoms with Crippen LogP contribution < -0.4 is 5.32 Å². The molecule has 0 bridgehead atoms. The first-order valence-electron chi connectivity index (χ1n) is 8.13. The van der Waals surface area contributed by atoms with E-state index < -0.39 is 30.2 Å². The highest BCUT2D eigenvalue weighted by atomic mass is 19.4. The van der Waals surface area contributed by atoms with Crippen molar-refractivity contribution in [1.82, 2.24) is 10.2 Å². The molecule has 1 aliphatic rings. The fourth-order valence-electron chi connectivity index (χ4n) is 2.78. The fraction of sp³-hybridized carbons (Fsp3) is 0.588. The molecule has 9 heteroatoms. The van der Waals surface area contributed by atoms with Crippen molar-refractivity contribution in [3.8, 4) is 0 Å². The number of alkyl halides is 3. The minimum absolute atomic E-state index is 0.151. The van der Waals surface area contributed by atoms with Crippen LogP contribution in [-0.4, -0.2) is 54.1 Å². The molecule has 146 valence electrons. The predicted octanol–water partition coefficient (Wildman–Crippen LogP) is 1.97. The molecule has 1 heterocycles. The highest BCUT2D eigenvalue weighted by Gasteiger charge is 2.45. The lowest BCUT2D eigenvalue weighted by Crippen LogP contribution is -2.48. The SMILES string of the molecule is C=CC1CC(C(=O)OC(=O)C(F)(F)F)N(C[C@H](NC(C)=O)C(=C)CC)C1. The van der Waals surface area contributed by atoms with Crippen molar-refractivity contribution < 1.29 is 32.3 Å². The van der Waals surface area contributed by atoms with Gasteiger partial charge in [0.1, 0.15) is 6.04 Å². The van der Waals surface area contributed by atoms with Crippen LogP contribution in [0.5, 0.6) is 0 Å². The van der Waals surface area contributed by atoms with Crippen molar-refractivity contribution in [2.24, 2.45) is 5.92 Å². The second kappa shape index (κ2) is 8.98. The molecule has 0 spiro atoms. The van der Waals surface area contributed by atoms with Crippen LogP contribution in [0.15, 0.2) is 24.8 Å². The van der Waals surface area contributed by atoms with Gasteiger partial charge in [-0.3, -0.25) is 9.69 Å². The predicted molar refractivity (Wildman–Crippen MR) is 87.9 cm³/mol. The molecule has 1 rings (SSSR count). The number of likely N-dealkylation sites (tertiary alicyclic amines) is 1. The molecular weight excluding hydrogens is 353 g/mol. The molecule has 0 aromatic heterocycles. The Morgan fingerprint density at radius 2 is 2.00 bits per heavy atom. The van der Waals surface area contributed by atoms with Gasteiger partial charge in [-0.1, -0.05) is 25.2 Å². The van der Waals surface area contributed by atoms with Gasteiger partial charge in [-0.05, 0) is 18.8 Å². The van der Waals surface area contributed by atoms with Gasteiger partial charge in [0.05, 0.1) is 6.04 Å². The molecule has 0 aliphatic carbocycles. The standard InChI is InChI=1S/C17H23F3N2O4/c1-5-10(3)13(21-11(4)23)9-22-8-12(6-2)7-14(22)15(24)26-16(25)17(18,19)20/h6,12-14H,2-3,5,7-9H2,1,4H3,(H,21,23)/t12?,13-,14?/m0/s1. The van der Waals surface area contributed by atoms with E-state index in [1.165, 1.54) is 6.92 Å². The molecule has 6 nitrogen and oxygen atoms in total. The van der Waals surface area contributed by atoms with Crippen LogP contribution in [0.1, 0.15) is 26.7 Å². The van der Waals surface area contributed by atoms with Gasteiger partial charge >= 0.3 is 18.1 Å². The average Bonchev–Trinajstić information content (AvgIpc) is 2.95. The van der Waals surface area contributed by atoms with Crippen molar-refractivity contribution in [3.05, 3.63) is 24.8 Å². The van der Waals surface area contributed by atoms with E-state index in [9.17, 15) is 27.6 Å². The second-order valence-corrected chi connectivity index (χ2v) is 6.17. The van der Waals surface area contributed by atoms with Gasteiger partial charge in [-0.2, -0.15) is 13.2 Å². The van der Waals surface area contributed by atoms with Crippen LogP contribution in [0.2, 0.25) is 0 Å². The maximum atomic E-state index is 12.3. The van der Waals surface area contributed by atoms with Crippen LogP contribution in [0.25, 0.3) is 0 Å². The summed E-state index contributed by atoms with van der Waals surface area (Å²) in [4.78, 5) is 36.0. The summed E-state index contributed by atoms with van der Waals surface area (Å²) >= 11 is 0. The Morgan fingerprint density at radius 3 is 2.46 bits per heavy atom. The van der Waals surface area contributed by atoms with Crippen molar-refractivity contribution in [2.45, 2.75) is 44.9 Å². The number of hydrogen-bond donors (Lipinski definition) is 1. The van der Waals surface area contributed by atoms with Crippen LogP contribution in [-0.2, 0) is 19.1 Å². The topological polar surface area (TPSA) is 75.7 Å². The van der Waals surface area contributed by atoms with Crippen molar-refractivity contribution in [3.63, 3.8) is 0 Å². The van der Waals surface area contributed by atoms with E-state index in [2.05, 4.69) is 23.2 Å². The molecule has 1 fully saturated rings. The number of amides is 1. The number of hydrogen-bond acceptors (Lipinski definition) is 5. The minimum Gasteiger partial charge on any atom is -0.385 e. The number of nitrogens with one attached hydrogen (secondary N) is 1. The molecule has 0 radical (unpaired) electrons. The van der Waals surface area contributed by atoms with Gasteiger partial charge in [0.25, 0.3) is 0 Å². The normalized spacial score (nSPS) is 21.7. The van der Waals surface area contributed by atoms with Gasteiger partial charge in [-0.25, -0.2) is 9.59 Å². The fourth-order valence-corrected chi connectivity index (χ4v) is 2.78. The molecule has 2 unspecified atom stereocenters. The summed E-state index contributed by atoms with van der Waals surface area (Å²) in [6.45, 7) is 11.2. The van der Waals surface area contributed by atoms with E-state index in [0.717, 1.165) is 0 Å². The number of carbonyl (C=O) groups is 3. The third kappa shape index (κ3) is 5.98. The Morgan fingerprint density at radius 1 is 1.38 bits per heavy atom. The van der Waals surface area contributed by atoms with Crippen molar-refractivity contribution in [2.75, 3.05) is 13.1 Å². The van der Waals surface area contributed by atoms with Crippen LogP contribution in [0.3, 0.4) is 0 Å². The number of ether oxygens (including phenoxy) is 1. The van der Waals surface area contributed by atoms with E-state index >= 15 is 0 Å². The van der Waals surface area contributed by atoms with E-state index in [0.29, 0.717) is 18.5 Å². The monoisotopic (exact) mass is 376 g/mol. The van der Waals surface area contributed by atoms with Crippen LogP contribution in [0.4, 0.5) is 13.2 Å². The molecule has 26 heavy (non-hydrogen) atoms. The molecule has 0 aromatic carbocycles. The molecule has 1 N–H and O–H groups in total. The minimum atomic E-state index is -5.24. The largest absolute Gasteiger partial charge is 0.491 e. The van der Waals surface area contributed by atoms with Gasteiger partial charge in [-0.15, -0.1) is 6.58 Å². The lowest BCUT2D eigenvalue weighted by molar-refractivity contribution is -0.203. The number of halogens is 3. The zero-order valence-corrected chi connectivity index (χ0v) is 14.8.